The third-order valence-electron chi connectivity index (χ3n) is 6.07. The summed E-state index contributed by atoms with van der Waals surface area (Å²) in [5, 5.41) is 13.9. The molecule has 12 heteroatoms. The lowest BCUT2D eigenvalue weighted by atomic mass is 10.00. The van der Waals surface area contributed by atoms with Crippen molar-refractivity contribution in [1.29, 1.82) is 0 Å². The van der Waals surface area contributed by atoms with Crippen LogP contribution in [-0.2, 0) is 11.3 Å². The number of carboxylic acid groups (broad SMARTS) is 1. The molecule has 1 saturated heterocycles. The molecule has 0 bridgehead atoms. The Labute approximate surface area is 195 Å². The van der Waals surface area contributed by atoms with E-state index in [4.69, 9.17) is 4.74 Å². The normalized spacial score (nSPS) is 16.7. The molecule has 1 aliphatic rings. The number of ether oxygens (including phenoxy) is 1. The van der Waals surface area contributed by atoms with Crippen molar-refractivity contribution in [1.82, 2.24) is 24.3 Å². The minimum atomic E-state index is -4.68. The van der Waals surface area contributed by atoms with Crippen LogP contribution in [0.3, 0.4) is 0 Å². The highest BCUT2D eigenvalue weighted by atomic mass is 19.4. The number of nitrogens with zero attached hydrogens (tertiary/aromatic N) is 5. The van der Waals surface area contributed by atoms with E-state index in [-0.39, 0.29) is 38.8 Å². The number of halogens is 3. The van der Waals surface area contributed by atoms with E-state index in [0.29, 0.717) is 23.2 Å². The van der Waals surface area contributed by atoms with Gasteiger partial charge in [0.05, 0.1) is 17.1 Å². The maximum absolute atomic E-state index is 13.5. The number of aryl methyl sites for hydroxylation is 1. The molecule has 35 heavy (non-hydrogen) atoms. The number of rotatable bonds is 4. The molecule has 5 rings (SSSR count). The molecule has 0 radical (unpaired) electrons. The molecular weight excluding hydrogens is 467 g/mol. The Balaban J connectivity index is 1.84. The van der Waals surface area contributed by atoms with Crippen LogP contribution in [0.15, 0.2) is 35.5 Å². The van der Waals surface area contributed by atoms with Crippen molar-refractivity contribution in [2.45, 2.75) is 45.1 Å². The third-order valence-corrected chi connectivity index (χ3v) is 6.07. The molecule has 0 aliphatic carbocycles. The van der Waals surface area contributed by atoms with E-state index in [2.05, 4.69) is 15.1 Å². The monoisotopic (exact) mass is 487 g/mol. The van der Waals surface area contributed by atoms with Crippen LogP contribution in [-0.4, -0.2) is 48.2 Å². The lowest BCUT2D eigenvalue weighted by Crippen LogP contribution is -2.29. The molecule has 4 aromatic heterocycles. The molecule has 1 aliphatic heterocycles. The molecule has 1 N–H and O–H groups in total. The Kier molecular flexibility index (Phi) is 5.55. The molecule has 0 spiro atoms. The van der Waals surface area contributed by atoms with Crippen molar-refractivity contribution in [3.8, 4) is 11.1 Å². The molecule has 9 nitrogen and oxygen atoms in total. The number of aromatic carboxylic acids is 1. The van der Waals surface area contributed by atoms with Gasteiger partial charge in [0, 0.05) is 30.1 Å². The summed E-state index contributed by atoms with van der Waals surface area (Å²) in [6, 6.07) is 2.94. The van der Waals surface area contributed by atoms with Crippen molar-refractivity contribution in [2.24, 2.45) is 0 Å². The van der Waals surface area contributed by atoms with Crippen molar-refractivity contribution in [2.75, 3.05) is 6.61 Å². The lowest BCUT2D eigenvalue weighted by molar-refractivity contribution is -0.140. The first-order valence-electron chi connectivity index (χ1n) is 10.9. The van der Waals surface area contributed by atoms with Gasteiger partial charge in [0.15, 0.2) is 11.9 Å². The highest BCUT2D eigenvalue weighted by Crippen LogP contribution is 2.33. The van der Waals surface area contributed by atoms with E-state index in [0.717, 1.165) is 12.8 Å². The van der Waals surface area contributed by atoms with E-state index in [9.17, 15) is 27.9 Å². The fourth-order valence-electron chi connectivity index (χ4n) is 4.54. The fourth-order valence-corrected chi connectivity index (χ4v) is 4.54. The van der Waals surface area contributed by atoms with Gasteiger partial charge in [-0.2, -0.15) is 18.3 Å². The number of pyridine rings is 3. The van der Waals surface area contributed by atoms with E-state index < -0.39 is 30.5 Å². The smallest absolute Gasteiger partial charge is 0.406 e. The number of carboxylic acids is 1. The van der Waals surface area contributed by atoms with Crippen LogP contribution in [0.5, 0.6) is 0 Å². The number of fused-ring (bicyclic) bond motifs is 3. The molecule has 0 amide bonds. The standard InChI is InChI=1S/C23H20F3N5O4/c1-12-5-6-27-19(22(33)34)17(12)13-8-15-18(28-9-13)20-14(21(32)30(15)11-23(24,25)26)10-29-31(20)16-4-2-3-7-35-16/h5-6,8-10,16H,2-4,7,11H2,1H3,(H,33,34). The quantitative estimate of drug-likeness (QED) is 0.462. The molecule has 5 heterocycles. The molecule has 1 fully saturated rings. The minimum Gasteiger partial charge on any atom is -0.476 e. The Morgan fingerprint density at radius 3 is 2.74 bits per heavy atom. The van der Waals surface area contributed by atoms with Gasteiger partial charge in [0.2, 0.25) is 0 Å². The molecule has 4 aromatic rings. The van der Waals surface area contributed by atoms with Gasteiger partial charge in [0.25, 0.3) is 5.56 Å². The zero-order valence-corrected chi connectivity index (χ0v) is 18.5. The van der Waals surface area contributed by atoms with Crippen molar-refractivity contribution < 1.29 is 27.8 Å². The summed E-state index contributed by atoms with van der Waals surface area (Å²) >= 11 is 0. The van der Waals surface area contributed by atoms with Gasteiger partial charge in [-0.05, 0) is 43.9 Å². The summed E-state index contributed by atoms with van der Waals surface area (Å²) < 4.78 is 48.4. The third kappa shape index (κ3) is 4.03. The Morgan fingerprint density at radius 2 is 2.06 bits per heavy atom. The van der Waals surface area contributed by atoms with Gasteiger partial charge in [-0.3, -0.25) is 14.3 Å². The fraction of sp³-hybridized carbons (Fsp3) is 0.348. The zero-order valence-electron chi connectivity index (χ0n) is 18.5. The van der Waals surface area contributed by atoms with Crippen LogP contribution in [0.2, 0.25) is 0 Å². The second-order valence-electron chi connectivity index (χ2n) is 8.43. The average Bonchev–Trinajstić information content (AvgIpc) is 3.27. The lowest BCUT2D eigenvalue weighted by Gasteiger charge is -2.24. The SMILES string of the molecule is Cc1ccnc(C(=O)O)c1-c1cnc2c3c(cnn3C3CCCCO3)c(=O)n(CC(F)(F)F)c2c1. The summed E-state index contributed by atoms with van der Waals surface area (Å²) in [6.07, 6.45) is 1.20. The van der Waals surface area contributed by atoms with E-state index >= 15 is 0 Å². The van der Waals surface area contributed by atoms with E-state index in [1.54, 1.807) is 13.0 Å². The molecular formula is C23H20F3N5O4. The topological polar surface area (TPSA) is 112 Å². The number of alkyl halides is 3. The second kappa shape index (κ2) is 8.45. The maximum atomic E-state index is 13.5. The van der Waals surface area contributed by atoms with Crippen LogP contribution in [0.1, 0.15) is 41.5 Å². The first-order chi connectivity index (χ1) is 16.7. The van der Waals surface area contributed by atoms with Gasteiger partial charge >= 0.3 is 12.1 Å². The van der Waals surface area contributed by atoms with Gasteiger partial charge in [0.1, 0.15) is 17.6 Å². The van der Waals surface area contributed by atoms with Gasteiger partial charge in [-0.25, -0.2) is 14.5 Å². The number of carbonyl (C=O) groups is 1. The van der Waals surface area contributed by atoms with E-state index in [1.165, 1.54) is 29.3 Å². The Bertz CT molecular complexity index is 1520. The summed E-state index contributed by atoms with van der Waals surface area (Å²) in [4.78, 5) is 33.3. The first kappa shape index (κ1) is 23.0. The molecule has 1 unspecified atom stereocenters. The summed E-state index contributed by atoms with van der Waals surface area (Å²) in [5.41, 5.74) is 0.185. The van der Waals surface area contributed by atoms with Crippen molar-refractivity contribution >= 4 is 27.9 Å². The molecule has 0 aromatic carbocycles. The van der Waals surface area contributed by atoms with Crippen LogP contribution < -0.4 is 5.56 Å². The number of hydrogen-bond acceptors (Lipinski definition) is 6. The minimum absolute atomic E-state index is 0.0000400. The van der Waals surface area contributed by atoms with Gasteiger partial charge in [-0.1, -0.05) is 0 Å². The van der Waals surface area contributed by atoms with Crippen LogP contribution in [0, 0.1) is 6.92 Å². The summed E-state index contributed by atoms with van der Waals surface area (Å²) in [6.45, 7) is 0.631. The summed E-state index contributed by atoms with van der Waals surface area (Å²) in [5.74, 6) is -1.29. The van der Waals surface area contributed by atoms with Gasteiger partial charge in [-0.15, -0.1) is 0 Å². The molecule has 182 valence electrons. The Hall–Kier alpha value is -3.80. The highest BCUT2D eigenvalue weighted by molar-refractivity contribution is 6.03. The Morgan fingerprint density at radius 1 is 1.26 bits per heavy atom. The maximum Gasteiger partial charge on any atom is 0.406 e. The van der Waals surface area contributed by atoms with Crippen molar-refractivity contribution in [3.05, 3.63) is 52.3 Å². The predicted molar refractivity (Wildman–Crippen MR) is 119 cm³/mol. The number of hydrogen-bond donors (Lipinski definition) is 1. The van der Waals surface area contributed by atoms with Gasteiger partial charge < -0.3 is 9.84 Å². The summed E-state index contributed by atoms with van der Waals surface area (Å²) in [7, 11) is 0. The predicted octanol–water partition coefficient (Wildman–Crippen LogP) is 4.08. The first-order valence-corrected chi connectivity index (χ1v) is 10.9. The molecule has 0 saturated carbocycles. The number of aromatic nitrogens is 5. The van der Waals surface area contributed by atoms with Crippen molar-refractivity contribution in [3.63, 3.8) is 0 Å². The van der Waals surface area contributed by atoms with Crippen LogP contribution >= 0.6 is 0 Å². The van der Waals surface area contributed by atoms with Crippen LogP contribution in [0.4, 0.5) is 13.2 Å². The average molecular weight is 487 g/mol. The zero-order chi connectivity index (χ0) is 24.9. The van der Waals surface area contributed by atoms with Crippen LogP contribution in [0.25, 0.3) is 33.1 Å². The largest absolute Gasteiger partial charge is 0.476 e. The molecule has 1 atom stereocenters. The van der Waals surface area contributed by atoms with E-state index in [1.807, 2.05) is 0 Å². The second-order valence-corrected chi connectivity index (χ2v) is 8.43. The highest BCUT2D eigenvalue weighted by Gasteiger charge is 2.31.